The molecule has 3 rings (SSSR count). The van der Waals surface area contributed by atoms with Crippen LogP contribution in [-0.2, 0) is 6.42 Å². The molecule has 17 heavy (non-hydrogen) atoms. The molecule has 0 radical (unpaired) electrons. The van der Waals surface area contributed by atoms with Crippen LogP contribution in [0.15, 0.2) is 42.2 Å². The molecule has 0 aromatic carbocycles. The lowest BCUT2D eigenvalue weighted by molar-refractivity contribution is 0.703. The molecule has 0 aliphatic heterocycles. The molecule has 2 N–H and O–H groups in total. The van der Waals surface area contributed by atoms with Crippen molar-refractivity contribution < 1.29 is 0 Å². The Morgan fingerprint density at radius 1 is 1.35 bits per heavy atom. The van der Waals surface area contributed by atoms with E-state index >= 15 is 0 Å². The molecule has 0 spiro atoms. The van der Waals surface area contributed by atoms with Gasteiger partial charge in [-0.15, -0.1) is 0 Å². The Kier molecular flexibility index (Phi) is 2.62. The second kappa shape index (κ2) is 4.27. The van der Waals surface area contributed by atoms with E-state index in [2.05, 4.69) is 13.8 Å². The van der Waals surface area contributed by atoms with Crippen LogP contribution in [0.5, 0.6) is 0 Å². The highest BCUT2D eigenvalue weighted by Gasteiger charge is 2.11. The topological polar surface area (TPSA) is 56.2 Å². The third-order valence-electron chi connectivity index (χ3n) is 2.80. The Morgan fingerprint density at radius 2 is 2.29 bits per heavy atom. The Bertz CT molecular complexity index is 614. The molecule has 86 valence electrons. The smallest absolute Gasteiger partial charge is 0.136 e. The Labute approximate surface area is 103 Å². The fourth-order valence-electron chi connectivity index (χ4n) is 1.88. The molecule has 0 fully saturated rings. The molecule has 5 heteroatoms. The van der Waals surface area contributed by atoms with E-state index in [1.54, 1.807) is 0 Å². The predicted octanol–water partition coefficient (Wildman–Crippen LogP) is 2.03. The zero-order valence-corrected chi connectivity index (χ0v) is 9.97. The maximum Gasteiger partial charge on any atom is 0.136 e. The van der Waals surface area contributed by atoms with Gasteiger partial charge in [-0.3, -0.25) is 0 Å². The van der Waals surface area contributed by atoms with Crippen LogP contribution in [0.3, 0.4) is 0 Å². The first-order valence-electron chi connectivity index (χ1n) is 5.40. The summed E-state index contributed by atoms with van der Waals surface area (Å²) in [4.78, 5) is 4.35. The number of nitrogens with zero attached hydrogens (tertiary/aromatic N) is 3. The SMILES string of the molecule is NC(Cc1cnc2ccccn12)c1cnsc1. The Morgan fingerprint density at radius 3 is 3.12 bits per heavy atom. The lowest BCUT2D eigenvalue weighted by atomic mass is 10.1. The fraction of sp³-hybridized carbons (Fsp3) is 0.167. The summed E-state index contributed by atoms with van der Waals surface area (Å²) in [6.07, 6.45) is 6.49. The van der Waals surface area contributed by atoms with Crippen molar-refractivity contribution >= 4 is 17.2 Å². The van der Waals surface area contributed by atoms with Gasteiger partial charge in [-0.25, -0.2) is 9.36 Å². The van der Waals surface area contributed by atoms with Crippen molar-refractivity contribution in [3.8, 4) is 0 Å². The molecule has 4 nitrogen and oxygen atoms in total. The van der Waals surface area contributed by atoms with Gasteiger partial charge in [0, 0.05) is 42.1 Å². The summed E-state index contributed by atoms with van der Waals surface area (Å²) in [6, 6.07) is 5.94. The third kappa shape index (κ3) is 1.94. The maximum absolute atomic E-state index is 6.15. The second-order valence-electron chi connectivity index (χ2n) is 3.95. The molecular formula is C12H12N4S. The van der Waals surface area contributed by atoms with Gasteiger partial charge in [-0.2, -0.15) is 0 Å². The van der Waals surface area contributed by atoms with E-state index in [1.165, 1.54) is 11.5 Å². The van der Waals surface area contributed by atoms with Gasteiger partial charge in [-0.05, 0) is 29.2 Å². The first-order valence-corrected chi connectivity index (χ1v) is 6.24. The van der Waals surface area contributed by atoms with Crippen LogP contribution >= 0.6 is 11.5 Å². The van der Waals surface area contributed by atoms with E-state index in [0.717, 1.165) is 23.3 Å². The number of hydrogen-bond donors (Lipinski definition) is 1. The molecule has 0 aliphatic rings. The molecule has 1 unspecified atom stereocenters. The highest BCUT2D eigenvalue weighted by atomic mass is 32.1. The second-order valence-corrected chi connectivity index (χ2v) is 4.60. The molecule has 0 bridgehead atoms. The van der Waals surface area contributed by atoms with Crippen molar-refractivity contribution in [3.05, 3.63) is 53.4 Å². The van der Waals surface area contributed by atoms with Gasteiger partial charge in [0.25, 0.3) is 0 Å². The van der Waals surface area contributed by atoms with E-state index in [9.17, 15) is 0 Å². The van der Waals surface area contributed by atoms with Gasteiger partial charge in [-0.1, -0.05) is 6.07 Å². The summed E-state index contributed by atoms with van der Waals surface area (Å²) >= 11 is 1.43. The lowest BCUT2D eigenvalue weighted by Crippen LogP contribution is -2.13. The average Bonchev–Trinajstić information content (AvgIpc) is 2.98. The monoisotopic (exact) mass is 244 g/mol. The van der Waals surface area contributed by atoms with E-state index < -0.39 is 0 Å². The quantitative estimate of drug-likeness (QED) is 0.767. The summed E-state index contributed by atoms with van der Waals surface area (Å²) in [6.45, 7) is 0. The van der Waals surface area contributed by atoms with E-state index in [1.807, 2.05) is 42.2 Å². The number of imidazole rings is 1. The van der Waals surface area contributed by atoms with Crippen LogP contribution in [0, 0.1) is 0 Å². The molecule has 3 aromatic heterocycles. The van der Waals surface area contributed by atoms with Gasteiger partial charge in [0.2, 0.25) is 0 Å². The van der Waals surface area contributed by atoms with Crippen molar-refractivity contribution in [1.29, 1.82) is 0 Å². The first kappa shape index (κ1) is 10.4. The maximum atomic E-state index is 6.15. The van der Waals surface area contributed by atoms with Crippen molar-refractivity contribution in [2.24, 2.45) is 5.73 Å². The standard InChI is InChI=1S/C12H12N4S/c13-11(9-6-15-17-8-9)5-10-7-14-12-3-1-2-4-16(10)12/h1-4,6-8,11H,5,13H2. The van der Waals surface area contributed by atoms with Gasteiger partial charge in [0.1, 0.15) is 5.65 Å². The summed E-state index contributed by atoms with van der Waals surface area (Å²) in [7, 11) is 0. The van der Waals surface area contributed by atoms with Crippen LogP contribution < -0.4 is 5.73 Å². The highest BCUT2D eigenvalue weighted by Crippen LogP contribution is 2.17. The minimum Gasteiger partial charge on any atom is -0.324 e. The largest absolute Gasteiger partial charge is 0.324 e. The Hall–Kier alpha value is -1.72. The first-order chi connectivity index (χ1) is 8.34. The highest BCUT2D eigenvalue weighted by molar-refractivity contribution is 7.03. The van der Waals surface area contributed by atoms with Crippen LogP contribution in [0.2, 0.25) is 0 Å². The van der Waals surface area contributed by atoms with Gasteiger partial charge in [0.15, 0.2) is 0 Å². The molecule has 3 heterocycles. The average molecular weight is 244 g/mol. The van der Waals surface area contributed by atoms with E-state index in [-0.39, 0.29) is 6.04 Å². The number of fused-ring (bicyclic) bond motifs is 1. The third-order valence-corrected chi connectivity index (χ3v) is 3.41. The van der Waals surface area contributed by atoms with E-state index in [4.69, 9.17) is 5.73 Å². The van der Waals surface area contributed by atoms with E-state index in [0.29, 0.717) is 0 Å². The zero-order chi connectivity index (χ0) is 11.7. The fourth-order valence-corrected chi connectivity index (χ4v) is 2.48. The van der Waals surface area contributed by atoms with Crippen molar-refractivity contribution in [3.63, 3.8) is 0 Å². The molecule has 3 aromatic rings. The van der Waals surface area contributed by atoms with Crippen LogP contribution in [0.1, 0.15) is 17.3 Å². The predicted molar refractivity (Wildman–Crippen MR) is 67.9 cm³/mol. The number of hydrogen-bond acceptors (Lipinski definition) is 4. The lowest BCUT2D eigenvalue weighted by Gasteiger charge is -2.08. The molecule has 0 amide bonds. The van der Waals surface area contributed by atoms with Crippen LogP contribution in [0.4, 0.5) is 0 Å². The molecule has 1 atom stereocenters. The normalized spacial score (nSPS) is 13.0. The zero-order valence-electron chi connectivity index (χ0n) is 9.15. The molecule has 0 aliphatic carbocycles. The summed E-state index contributed by atoms with van der Waals surface area (Å²) in [5.41, 5.74) is 9.31. The number of pyridine rings is 1. The van der Waals surface area contributed by atoms with Gasteiger partial charge < -0.3 is 10.1 Å². The van der Waals surface area contributed by atoms with Crippen LogP contribution in [0.25, 0.3) is 5.65 Å². The van der Waals surface area contributed by atoms with Gasteiger partial charge >= 0.3 is 0 Å². The van der Waals surface area contributed by atoms with Gasteiger partial charge in [0.05, 0.1) is 0 Å². The number of rotatable bonds is 3. The molecule has 0 saturated carbocycles. The minimum absolute atomic E-state index is 0.0196. The molecule has 0 saturated heterocycles. The van der Waals surface area contributed by atoms with Crippen LogP contribution in [-0.4, -0.2) is 13.8 Å². The molecular weight excluding hydrogens is 232 g/mol. The number of aromatic nitrogens is 3. The summed E-state index contributed by atoms with van der Waals surface area (Å²) < 4.78 is 6.14. The summed E-state index contributed by atoms with van der Waals surface area (Å²) in [5, 5.41) is 1.99. The summed E-state index contributed by atoms with van der Waals surface area (Å²) in [5.74, 6) is 0. The van der Waals surface area contributed by atoms with Crippen molar-refractivity contribution in [2.75, 3.05) is 0 Å². The van der Waals surface area contributed by atoms with Crippen molar-refractivity contribution in [1.82, 2.24) is 13.8 Å². The Balaban J connectivity index is 1.90. The minimum atomic E-state index is -0.0196. The number of nitrogens with two attached hydrogens (primary N) is 1. The van der Waals surface area contributed by atoms with Crippen molar-refractivity contribution in [2.45, 2.75) is 12.5 Å².